The molecule has 0 aromatic carbocycles. The molecule has 90 valence electrons. The summed E-state index contributed by atoms with van der Waals surface area (Å²) >= 11 is 0. The third-order valence-electron chi connectivity index (χ3n) is 2.51. The van der Waals surface area contributed by atoms with Crippen LogP contribution in [0.4, 0.5) is 0 Å². The number of aryl methyl sites for hydroxylation is 1. The molecular weight excluding hydrogens is 212 g/mol. The number of nitrogens with zero attached hydrogens (tertiary/aromatic N) is 3. The molecule has 0 saturated heterocycles. The number of rotatable bonds is 5. The Balaban J connectivity index is 2.11. The lowest BCUT2D eigenvalue weighted by molar-refractivity contribution is 0.673. The van der Waals surface area contributed by atoms with Crippen molar-refractivity contribution in [3.05, 3.63) is 42.0 Å². The average Bonchev–Trinajstić information content (AvgIpc) is 2.77. The Kier molecular flexibility index (Phi) is 3.88. The molecule has 2 rings (SSSR count). The Morgan fingerprint density at radius 1 is 1.29 bits per heavy atom. The van der Waals surface area contributed by atoms with Gasteiger partial charge < -0.3 is 5.32 Å². The van der Waals surface area contributed by atoms with Gasteiger partial charge in [-0.15, -0.1) is 0 Å². The second kappa shape index (κ2) is 5.59. The zero-order valence-corrected chi connectivity index (χ0v) is 10.3. The zero-order valence-electron chi connectivity index (χ0n) is 10.3. The molecule has 1 N–H and O–H groups in total. The van der Waals surface area contributed by atoms with Gasteiger partial charge in [-0.3, -0.25) is 4.98 Å². The van der Waals surface area contributed by atoms with E-state index in [1.165, 1.54) is 5.56 Å². The van der Waals surface area contributed by atoms with E-state index in [0.717, 1.165) is 30.8 Å². The van der Waals surface area contributed by atoms with Gasteiger partial charge in [0.15, 0.2) is 0 Å². The lowest BCUT2D eigenvalue weighted by Gasteiger charge is -2.05. The highest BCUT2D eigenvalue weighted by Crippen LogP contribution is 2.08. The van der Waals surface area contributed by atoms with Crippen LogP contribution in [0.2, 0.25) is 0 Å². The fourth-order valence-electron chi connectivity index (χ4n) is 1.66. The monoisotopic (exact) mass is 230 g/mol. The van der Waals surface area contributed by atoms with Crippen LogP contribution in [-0.2, 0) is 6.54 Å². The molecule has 4 nitrogen and oxygen atoms in total. The van der Waals surface area contributed by atoms with Gasteiger partial charge in [0.2, 0.25) is 0 Å². The first kappa shape index (κ1) is 11.8. The van der Waals surface area contributed by atoms with Crippen LogP contribution in [0.5, 0.6) is 0 Å². The van der Waals surface area contributed by atoms with Crippen LogP contribution in [0.1, 0.15) is 24.5 Å². The fraction of sp³-hybridized carbons (Fsp3) is 0.385. The highest BCUT2D eigenvalue weighted by Gasteiger charge is 2.00. The third-order valence-corrected chi connectivity index (χ3v) is 2.51. The molecule has 0 unspecified atom stereocenters. The lowest BCUT2D eigenvalue weighted by Crippen LogP contribution is -2.14. The minimum absolute atomic E-state index is 0.856. The van der Waals surface area contributed by atoms with Gasteiger partial charge in [0.1, 0.15) is 0 Å². The van der Waals surface area contributed by atoms with Gasteiger partial charge >= 0.3 is 0 Å². The van der Waals surface area contributed by atoms with Crippen LogP contribution in [0.25, 0.3) is 5.69 Å². The minimum atomic E-state index is 0.856. The molecule has 4 heteroatoms. The standard InChI is InChI=1S/C13H18N4/c1-3-4-14-7-12-5-13(9-15-8-12)17-10-11(2)6-16-17/h5-6,8-10,14H,3-4,7H2,1-2H3. The van der Waals surface area contributed by atoms with Crippen LogP contribution >= 0.6 is 0 Å². The van der Waals surface area contributed by atoms with E-state index in [2.05, 4.69) is 28.4 Å². The molecule has 0 spiro atoms. The number of nitrogens with one attached hydrogen (secondary N) is 1. The SMILES string of the molecule is CCCNCc1cncc(-n2cc(C)cn2)c1. The summed E-state index contributed by atoms with van der Waals surface area (Å²) in [6.45, 7) is 6.08. The second-order valence-electron chi connectivity index (χ2n) is 4.19. The highest BCUT2D eigenvalue weighted by atomic mass is 15.3. The van der Waals surface area contributed by atoms with Gasteiger partial charge in [0.25, 0.3) is 0 Å². The van der Waals surface area contributed by atoms with E-state index >= 15 is 0 Å². The molecule has 0 aliphatic rings. The molecule has 2 heterocycles. The molecule has 17 heavy (non-hydrogen) atoms. The maximum Gasteiger partial charge on any atom is 0.0832 e. The van der Waals surface area contributed by atoms with Gasteiger partial charge in [-0.2, -0.15) is 5.10 Å². The summed E-state index contributed by atoms with van der Waals surface area (Å²) in [6.07, 6.45) is 8.71. The van der Waals surface area contributed by atoms with Crippen molar-refractivity contribution >= 4 is 0 Å². The predicted molar refractivity (Wildman–Crippen MR) is 68.1 cm³/mol. The molecule has 0 saturated carbocycles. The molecule has 0 radical (unpaired) electrons. The minimum Gasteiger partial charge on any atom is -0.313 e. The first-order valence-corrected chi connectivity index (χ1v) is 5.96. The Hall–Kier alpha value is -1.68. The summed E-state index contributed by atoms with van der Waals surface area (Å²) in [7, 11) is 0. The smallest absolute Gasteiger partial charge is 0.0832 e. The molecule has 0 bridgehead atoms. The molecule has 0 aliphatic heterocycles. The molecule has 0 fully saturated rings. The van der Waals surface area contributed by atoms with Crippen molar-refractivity contribution in [3.8, 4) is 5.69 Å². The zero-order chi connectivity index (χ0) is 12.1. The number of hydrogen-bond donors (Lipinski definition) is 1. The Morgan fingerprint density at radius 2 is 2.18 bits per heavy atom. The van der Waals surface area contributed by atoms with E-state index in [1.54, 1.807) is 0 Å². The van der Waals surface area contributed by atoms with E-state index < -0.39 is 0 Å². The normalized spacial score (nSPS) is 10.7. The van der Waals surface area contributed by atoms with Crippen molar-refractivity contribution in [2.75, 3.05) is 6.54 Å². The Bertz CT molecular complexity index is 476. The summed E-state index contributed by atoms with van der Waals surface area (Å²) in [5.74, 6) is 0. The van der Waals surface area contributed by atoms with Crippen LogP contribution < -0.4 is 5.32 Å². The van der Waals surface area contributed by atoms with Crippen molar-refractivity contribution in [2.45, 2.75) is 26.8 Å². The summed E-state index contributed by atoms with van der Waals surface area (Å²) in [5, 5.41) is 7.65. The van der Waals surface area contributed by atoms with Crippen LogP contribution in [0, 0.1) is 6.92 Å². The first-order chi connectivity index (χ1) is 8.29. The topological polar surface area (TPSA) is 42.7 Å². The Labute approximate surface area is 102 Å². The van der Waals surface area contributed by atoms with Gasteiger partial charge in [0, 0.05) is 18.9 Å². The van der Waals surface area contributed by atoms with E-state index in [-0.39, 0.29) is 0 Å². The van der Waals surface area contributed by atoms with E-state index in [1.807, 2.05) is 36.4 Å². The first-order valence-electron chi connectivity index (χ1n) is 5.96. The number of hydrogen-bond acceptors (Lipinski definition) is 3. The van der Waals surface area contributed by atoms with Crippen molar-refractivity contribution in [1.82, 2.24) is 20.1 Å². The number of pyridine rings is 1. The van der Waals surface area contributed by atoms with Crippen LogP contribution in [0.15, 0.2) is 30.9 Å². The lowest BCUT2D eigenvalue weighted by atomic mass is 10.2. The molecule has 0 aliphatic carbocycles. The molecular formula is C13H18N4. The maximum absolute atomic E-state index is 4.28. The molecule has 0 amide bonds. The summed E-state index contributed by atoms with van der Waals surface area (Å²) in [4.78, 5) is 4.25. The Morgan fingerprint density at radius 3 is 2.88 bits per heavy atom. The highest BCUT2D eigenvalue weighted by molar-refractivity contribution is 5.31. The van der Waals surface area contributed by atoms with Crippen molar-refractivity contribution in [3.63, 3.8) is 0 Å². The van der Waals surface area contributed by atoms with Crippen molar-refractivity contribution < 1.29 is 0 Å². The van der Waals surface area contributed by atoms with Crippen molar-refractivity contribution in [1.29, 1.82) is 0 Å². The largest absolute Gasteiger partial charge is 0.313 e. The second-order valence-corrected chi connectivity index (χ2v) is 4.19. The quantitative estimate of drug-likeness (QED) is 0.800. The van der Waals surface area contributed by atoms with Gasteiger partial charge in [-0.25, -0.2) is 4.68 Å². The van der Waals surface area contributed by atoms with Gasteiger partial charge in [-0.05, 0) is 37.1 Å². The summed E-state index contributed by atoms with van der Waals surface area (Å²) in [5.41, 5.74) is 3.34. The van der Waals surface area contributed by atoms with Crippen molar-refractivity contribution in [2.24, 2.45) is 0 Å². The van der Waals surface area contributed by atoms with Crippen LogP contribution in [-0.4, -0.2) is 21.3 Å². The predicted octanol–water partition coefficient (Wildman–Crippen LogP) is 2.08. The van der Waals surface area contributed by atoms with E-state index in [0.29, 0.717) is 0 Å². The summed E-state index contributed by atoms with van der Waals surface area (Å²) in [6, 6.07) is 2.11. The molecule has 0 atom stereocenters. The summed E-state index contributed by atoms with van der Waals surface area (Å²) < 4.78 is 1.85. The molecule has 2 aromatic heterocycles. The average molecular weight is 230 g/mol. The van der Waals surface area contributed by atoms with E-state index in [4.69, 9.17) is 0 Å². The maximum atomic E-state index is 4.28. The van der Waals surface area contributed by atoms with Gasteiger partial charge in [-0.1, -0.05) is 6.92 Å². The fourth-order valence-corrected chi connectivity index (χ4v) is 1.66. The third kappa shape index (κ3) is 3.14. The van der Waals surface area contributed by atoms with Crippen LogP contribution in [0.3, 0.4) is 0 Å². The molecule has 2 aromatic rings. The van der Waals surface area contributed by atoms with Gasteiger partial charge in [0.05, 0.1) is 18.1 Å². The number of aromatic nitrogens is 3. The van der Waals surface area contributed by atoms with E-state index in [9.17, 15) is 0 Å².